The molecule has 2 aliphatic heterocycles. The van der Waals surface area contributed by atoms with Crippen LogP contribution in [0.2, 0.25) is 0 Å². The Morgan fingerprint density at radius 2 is 2.08 bits per heavy atom. The highest BCUT2D eigenvalue weighted by atomic mass is 16.5. The lowest BCUT2D eigenvalue weighted by molar-refractivity contribution is 0.0159. The molecule has 6 nitrogen and oxygen atoms in total. The number of likely N-dealkylation sites (tertiary alicyclic amines) is 2. The predicted molar refractivity (Wildman–Crippen MR) is 88.3 cm³/mol. The number of amides is 1. The van der Waals surface area contributed by atoms with E-state index in [1.54, 1.807) is 0 Å². The summed E-state index contributed by atoms with van der Waals surface area (Å²) in [6, 6.07) is 2.66. The molecule has 1 aromatic rings. The summed E-state index contributed by atoms with van der Waals surface area (Å²) in [5.41, 5.74) is -0.320. The first-order valence-electron chi connectivity index (χ1n) is 8.89. The molecule has 2 saturated heterocycles. The van der Waals surface area contributed by atoms with Crippen molar-refractivity contribution in [3.05, 3.63) is 28.3 Å². The van der Waals surface area contributed by atoms with Crippen LogP contribution in [0, 0.1) is 5.92 Å². The van der Waals surface area contributed by atoms with Crippen molar-refractivity contribution in [3.63, 3.8) is 0 Å². The third kappa shape index (κ3) is 2.83. The molecule has 6 heteroatoms. The highest BCUT2D eigenvalue weighted by Gasteiger charge is 2.42. The first kappa shape index (κ1) is 15.7. The van der Waals surface area contributed by atoms with Crippen LogP contribution in [-0.2, 0) is 0 Å². The third-order valence-electron chi connectivity index (χ3n) is 5.64. The van der Waals surface area contributed by atoms with Crippen molar-refractivity contribution in [1.82, 2.24) is 9.80 Å². The van der Waals surface area contributed by atoms with Gasteiger partial charge in [0.1, 0.15) is 6.26 Å². The van der Waals surface area contributed by atoms with Crippen LogP contribution in [0.5, 0.6) is 5.75 Å². The van der Waals surface area contributed by atoms with Gasteiger partial charge in [-0.05, 0) is 44.6 Å². The Bertz CT molecular complexity index is 682. The Morgan fingerprint density at radius 1 is 1.25 bits per heavy atom. The van der Waals surface area contributed by atoms with Crippen LogP contribution >= 0.6 is 0 Å². The van der Waals surface area contributed by atoms with Crippen molar-refractivity contribution in [2.75, 3.05) is 26.7 Å². The molecule has 0 unspecified atom stereocenters. The van der Waals surface area contributed by atoms with Crippen LogP contribution in [0.3, 0.4) is 0 Å². The molecule has 1 aromatic heterocycles. The summed E-state index contributed by atoms with van der Waals surface area (Å²) in [5, 5.41) is 0. The fraction of sp³-hybridized carbons (Fsp3) is 0.667. The molecule has 0 aromatic carbocycles. The summed E-state index contributed by atoms with van der Waals surface area (Å²) >= 11 is 0. The summed E-state index contributed by atoms with van der Waals surface area (Å²) in [6.07, 6.45) is 7.32. The Kier molecular flexibility index (Phi) is 4.08. The SMILES string of the molecule is COc1coc(C(=O)N2CC[C@@H]3[C@H](CCCN3C3CC3)C2)cc1=O. The summed E-state index contributed by atoms with van der Waals surface area (Å²) in [4.78, 5) is 29.1. The summed E-state index contributed by atoms with van der Waals surface area (Å²) < 4.78 is 10.2. The number of carbonyl (C=O) groups excluding carboxylic acids is 1. The van der Waals surface area contributed by atoms with Gasteiger partial charge in [-0.3, -0.25) is 14.5 Å². The zero-order chi connectivity index (χ0) is 16.7. The predicted octanol–water partition coefficient (Wildman–Crippen LogP) is 1.74. The number of ether oxygens (including phenoxy) is 1. The van der Waals surface area contributed by atoms with Gasteiger partial charge < -0.3 is 14.1 Å². The van der Waals surface area contributed by atoms with Gasteiger partial charge in [0.25, 0.3) is 5.91 Å². The molecule has 130 valence electrons. The number of carbonyl (C=O) groups is 1. The first-order valence-corrected chi connectivity index (χ1v) is 8.89. The molecule has 3 aliphatic rings. The minimum atomic E-state index is -0.320. The van der Waals surface area contributed by atoms with Crippen LogP contribution in [0.1, 0.15) is 42.7 Å². The van der Waals surface area contributed by atoms with E-state index in [1.807, 2.05) is 4.90 Å². The lowest BCUT2D eigenvalue weighted by atomic mass is 9.83. The van der Waals surface area contributed by atoms with E-state index in [4.69, 9.17) is 9.15 Å². The van der Waals surface area contributed by atoms with Crippen molar-refractivity contribution < 1.29 is 13.9 Å². The van der Waals surface area contributed by atoms with Crippen LogP contribution < -0.4 is 10.2 Å². The molecule has 4 rings (SSSR count). The Hall–Kier alpha value is -1.82. The Labute approximate surface area is 141 Å². The minimum Gasteiger partial charge on any atom is -0.490 e. The average Bonchev–Trinajstić information content (AvgIpc) is 3.45. The van der Waals surface area contributed by atoms with Crippen LogP contribution in [0.15, 0.2) is 21.5 Å². The quantitative estimate of drug-likeness (QED) is 0.844. The Morgan fingerprint density at radius 3 is 2.79 bits per heavy atom. The smallest absolute Gasteiger partial charge is 0.289 e. The zero-order valence-electron chi connectivity index (χ0n) is 14.1. The molecular weight excluding hydrogens is 308 g/mol. The van der Waals surface area contributed by atoms with Gasteiger partial charge in [0.2, 0.25) is 11.2 Å². The van der Waals surface area contributed by atoms with Gasteiger partial charge in [-0.15, -0.1) is 0 Å². The number of piperidine rings is 2. The van der Waals surface area contributed by atoms with E-state index in [2.05, 4.69) is 4.90 Å². The maximum absolute atomic E-state index is 12.7. The van der Waals surface area contributed by atoms with Gasteiger partial charge in [-0.1, -0.05) is 0 Å². The van der Waals surface area contributed by atoms with Crippen LogP contribution in [0.4, 0.5) is 0 Å². The second kappa shape index (κ2) is 6.24. The van der Waals surface area contributed by atoms with E-state index in [0.717, 1.165) is 25.6 Å². The van der Waals surface area contributed by atoms with Gasteiger partial charge in [-0.25, -0.2) is 0 Å². The van der Waals surface area contributed by atoms with Crippen molar-refractivity contribution in [1.29, 1.82) is 0 Å². The maximum atomic E-state index is 12.7. The molecule has 2 atom stereocenters. The number of rotatable bonds is 3. The minimum absolute atomic E-state index is 0.106. The van der Waals surface area contributed by atoms with E-state index in [-0.39, 0.29) is 22.8 Å². The second-order valence-electron chi connectivity index (χ2n) is 7.16. The van der Waals surface area contributed by atoms with Crippen LogP contribution in [0.25, 0.3) is 0 Å². The van der Waals surface area contributed by atoms with E-state index in [1.165, 1.54) is 51.7 Å². The van der Waals surface area contributed by atoms with Crippen LogP contribution in [-0.4, -0.2) is 54.5 Å². The highest BCUT2D eigenvalue weighted by molar-refractivity contribution is 5.91. The average molecular weight is 332 g/mol. The largest absolute Gasteiger partial charge is 0.490 e. The molecule has 24 heavy (non-hydrogen) atoms. The van der Waals surface area contributed by atoms with Gasteiger partial charge >= 0.3 is 0 Å². The fourth-order valence-electron chi connectivity index (χ4n) is 4.30. The summed E-state index contributed by atoms with van der Waals surface area (Å²) in [6.45, 7) is 2.72. The number of hydrogen-bond donors (Lipinski definition) is 0. The molecule has 0 N–H and O–H groups in total. The van der Waals surface area contributed by atoms with Crippen molar-refractivity contribution in [2.24, 2.45) is 5.92 Å². The highest BCUT2D eigenvalue weighted by Crippen LogP contribution is 2.38. The van der Waals surface area contributed by atoms with Gasteiger partial charge in [0, 0.05) is 31.2 Å². The van der Waals surface area contributed by atoms with E-state index in [0.29, 0.717) is 12.0 Å². The van der Waals surface area contributed by atoms with E-state index in [9.17, 15) is 9.59 Å². The summed E-state index contributed by atoms with van der Waals surface area (Å²) in [7, 11) is 1.41. The maximum Gasteiger partial charge on any atom is 0.289 e. The number of hydrogen-bond acceptors (Lipinski definition) is 5. The second-order valence-corrected chi connectivity index (χ2v) is 7.16. The first-order chi connectivity index (χ1) is 11.7. The fourth-order valence-corrected chi connectivity index (χ4v) is 4.30. The topological polar surface area (TPSA) is 63.0 Å². The number of nitrogens with zero attached hydrogens (tertiary/aromatic N) is 2. The van der Waals surface area contributed by atoms with E-state index < -0.39 is 0 Å². The molecule has 1 amide bonds. The normalized spacial score (nSPS) is 27.6. The number of fused-ring (bicyclic) bond motifs is 1. The molecule has 3 fully saturated rings. The van der Waals surface area contributed by atoms with Gasteiger partial charge in [0.05, 0.1) is 7.11 Å². The third-order valence-corrected chi connectivity index (χ3v) is 5.64. The lowest BCUT2D eigenvalue weighted by Gasteiger charge is -2.47. The lowest BCUT2D eigenvalue weighted by Crippen LogP contribution is -2.55. The molecule has 0 spiro atoms. The molecule has 3 heterocycles. The monoisotopic (exact) mass is 332 g/mol. The van der Waals surface area contributed by atoms with E-state index >= 15 is 0 Å². The van der Waals surface area contributed by atoms with Crippen molar-refractivity contribution >= 4 is 5.91 Å². The molecule has 0 bridgehead atoms. The zero-order valence-corrected chi connectivity index (χ0v) is 14.1. The molecule has 0 radical (unpaired) electrons. The van der Waals surface area contributed by atoms with Gasteiger partial charge in [0.15, 0.2) is 5.76 Å². The van der Waals surface area contributed by atoms with Gasteiger partial charge in [-0.2, -0.15) is 0 Å². The molecule has 1 saturated carbocycles. The van der Waals surface area contributed by atoms with Crippen molar-refractivity contribution in [2.45, 2.75) is 44.2 Å². The standard InChI is InChI=1S/C18H24N2O4/c1-23-17-11-24-16(9-15(17)21)18(22)19-8-6-14-12(10-19)3-2-7-20(14)13-4-5-13/h9,11-14H,2-8,10H2,1H3/t12-,14-/m1/s1. The number of methoxy groups -OCH3 is 1. The molecule has 1 aliphatic carbocycles. The van der Waals surface area contributed by atoms with Crippen molar-refractivity contribution in [3.8, 4) is 5.75 Å². The summed E-state index contributed by atoms with van der Waals surface area (Å²) in [5.74, 6) is 0.588. The Balaban J connectivity index is 1.47. The molecular formula is C18H24N2O4.